The predicted octanol–water partition coefficient (Wildman–Crippen LogP) is -1.31. The van der Waals surface area contributed by atoms with E-state index >= 15 is 0 Å². The molecule has 0 saturated heterocycles. The summed E-state index contributed by atoms with van der Waals surface area (Å²) in [4.78, 5) is 1.48. The summed E-state index contributed by atoms with van der Waals surface area (Å²) in [6.07, 6.45) is 0. The van der Waals surface area contributed by atoms with E-state index < -0.39 is 46.8 Å². The molecule has 0 atom stereocenters. The van der Waals surface area contributed by atoms with E-state index in [-0.39, 0.29) is 6.54 Å². The summed E-state index contributed by atoms with van der Waals surface area (Å²) in [5.41, 5.74) is -1.93. The SMILES string of the molecule is CC(C)(C)N(CCS(=O)(=O)O)C(CO)(CO)CO. The van der Waals surface area contributed by atoms with E-state index in [1.165, 1.54) is 4.90 Å². The third-order valence-corrected chi connectivity index (χ3v) is 3.54. The second-order valence-corrected chi connectivity index (χ2v) is 6.88. The highest BCUT2D eigenvalue weighted by molar-refractivity contribution is 7.85. The Morgan fingerprint density at radius 1 is 1.00 bits per heavy atom. The van der Waals surface area contributed by atoms with Crippen molar-refractivity contribution in [3.63, 3.8) is 0 Å². The zero-order valence-corrected chi connectivity index (χ0v) is 11.8. The fourth-order valence-electron chi connectivity index (χ4n) is 1.90. The van der Waals surface area contributed by atoms with Crippen LogP contribution >= 0.6 is 0 Å². The first-order valence-corrected chi connectivity index (χ1v) is 7.19. The molecule has 0 aromatic carbocycles. The molecule has 0 heterocycles. The molecule has 0 spiro atoms. The van der Waals surface area contributed by atoms with Crippen molar-refractivity contribution in [1.29, 1.82) is 0 Å². The molecule has 0 aliphatic carbocycles. The quantitative estimate of drug-likeness (QED) is 0.429. The Morgan fingerprint density at radius 2 is 1.39 bits per heavy atom. The van der Waals surface area contributed by atoms with Crippen molar-refractivity contribution in [2.45, 2.75) is 31.8 Å². The van der Waals surface area contributed by atoms with E-state index in [0.29, 0.717) is 0 Å². The van der Waals surface area contributed by atoms with Gasteiger partial charge in [0.15, 0.2) is 0 Å². The van der Waals surface area contributed by atoms with E-state index in [2.05, 4.69) is 0 Å². The molecule has 0 radical (unpaired) electrons. The lowest BCUT2D eigenvalue weighted by atomic mass is 9.93. The van der Waals surface area contributed by atoms with Crippen molar-refractivity contribution in [1.82, 2.24) is 4.90 Å². The van der Waals surface area contributed by atoms with Crippen molar-refractivity contribution in [2.24, 2.45) is 0 Å². The molecule has 0 aliphatic heterocycles. The van der Waals surface area contributed by atoms with Crippen molar-refractivity contribution in [3.05, 3.63) is 0 Å². The second kappa shape index (κ2) is 6.27. The molecule has 7 nitrogen and oxygen atoms in total. The predicted molar refractivity (Wildman–Crippen MR) is 66.9 cm³/mol. The van der Waals surface area contributed by atoms with Crippen LogP contribution in [0.25, 0.3) is 0 Å². The van der Waals surface area contributed by atoms with Gasteiger partial charge in [0.1, 0.15) is 0 Å². The summed E-state index contributed by atoms with van der Waals surface area (Å²) in [7, 11) is -4.15. The first-order valence-electron chi connectivity index (χ1n) is 5.58. The highest BCUT2D eigenvalue weighted by atomic mass is 32.2. The standard InChI is InChI=1S/C10H23NO6S/c1-9(2,3)11(4-5-18(15,16)17)10(6-12,7-13)8-14/h12-14H,4-8H2,1-3H3,(H,15,16,17). The molecule has 0 bridgehead atoms. The molecular formula is C10H23NO6S. The first kappa shape index (κ1) is 17.8. The van der Waals surface area contributed by atoms with E-state index in [1.54, 1.807) is 20.8 Å². The number of nitrogens with zero attached hydrogens (tertiary/aromatic N) is 1. The zero-order chi connectivity index (χ0) is 14.6. The molecule has 0 rings (SSSR count). The normalized spacial score (nSPS) is 14.2. The van der Waals surface area contributed by atoms with Crippen molar-refractivity contribution in [3.8, 4) is 0 Å². The van der Waals surface area contributed by atoms with E-state index in [1.807, 2.05) is 0 Å². The maximum absolute atomic E-state index is 10.8. The van der Waals surface area contributed by atoms with Gasteiger partial charge in [-0.05, 0) is 20.8 Å². The number of hydrogen-bond acceptors (Lipinski definition) is 6. The lowest BCUT2D eigenvalue weighted by Crippen LogP contribution is -2.64. The Morgan fingerprint density at radius 3 is 1.61 bits per heavy atom. The van der Waals surface area contributed by atoms with Crippen LogP contribution in [0.1, 0.15) is 20.8 Å². The number of hydrogen-bond donors (Lipinski definition) is 4. The Kier molecular flexibility index (Phi) is 6.18. The smallest absolute Gasteiger partial charge is 0.266 e. The van der Waals surface area contributed by atoms with Crippen LogP contribution in [-0.4, -0.2) is 76.4 Å². The Bertz CT molecular complexity index is 336. The highest BCUT2D eigenvalue weighted by Gasteiger charge is 2.41. The van der Waals surface area contributed by atoms with Gasteiger partial charge in [0.2, 0.25) is 0 Å². The molecule has 0 aromatic rings. The van der Waals surface area contributed by atoms with Crippen LogP contribution in [0, 0.1) is 0 Å². The molecular weight excluding hydrogens is 262 g/mol. The van der Waals surface area contributed by atoms with E-state index in [4.69, 9.17) is 4.55 Å². The van der Waals surface area contributed by atoms with Gasteiger partial charge in [-0.1, -0.05) is 0 Å². The summed E-state index contributed by atoms with van der Waals surface area (Å²) in [5, 5.41) is 28.1. The van der Waals surface area contributed by atoms with Crippen molar-refractivity contribution >= 4 is 10.1 Å². The van der Waals surface area contributed by atoms with Crippen LogP contribution in [0.5, 0.6) is 0 Å². The van der Waals surface area contributed by atoms with Crippen LogP contribution in [0.2, 0.25) is 0 Å². The largest absolute Gasteiger partial charge is 0.394 e. The third kappa shape index (κ3) is 4.79. The van der Waals surface area contributed by atoms with Gasteiger partial charge < -0.3 is 15.3 Å². The third-order valence-electron chi connectivity index (χ3n) is 2.84. The summed E-state index contributed by atoms with van der Waals surface area (Å²) in [6, 6.07) is 0. The summed E-state index contributed by atoms with van der Waals surface area (Å²) < 4.78 is 30.4. The monoisotopic (exact) mass is 285 g/mol. The minimum atomic E-state index is -4.15. The van der Waals surface area contributed by atoms with Crippen LogP contribution in [0.15, 0.2) is 0 Å². The van der Waals surface area contributed by atoms with Crippen LogP contribution in [0.4, 0.5) is 0 Å². The van der Waals surface area contributed by atoms with Gasteiger partial charge in [-0.3, -0.25) is 9.45 Å². The van der Waals surface area contributed by atoms with Gasteiger partial charge in [0.05, 0.1) is 31.1 Å². The molecule has 0 unspecified atom stereocenters. The summed E-state index contributed by atoms with van der Waals surface area (Å²) in [6.45, 7) is 3.59. The Balaban J connectivity index is 5.23. The molecule has 110 valence electrons. The molecule has 8 heteroatoms. The number of aliphatic hydroxyl groups excluding tert-OH is 3. The van der Waals surface area contributed by atoms with Gasteiger partial charge in [-0.25, -0.2) is 0 Å². The maximum Gasteiger partial charge on any atom is 0.266 e. The minimum absolute atomic E-state index is 0.107. The molecule has 0 saturated carbocycles. The van der Waals surface area contributed by atoms with Gasteiger partial charge in [-0.2, -0.15) is 8.42 Å². The lowest BCUT2D eigenvalue weighted by Gasteiger charge is -2.48. The average molecular weight is 285 g/mol. The zero-order valence-electron chi connectivity index (χ0n) is 11.0. The minimum Gasteiger partial charge on any atom is -0.394 e. The molecule has 18 heavy (non-hydrogen) atoms. The molecule has 0 amide bonds. The molecule has 0 fully saturated rings. The van der Waals surface area contributed by atoms with Crippen LogP contribution in [-0.2, 0) is 10.1 Å². The maximum atomic E-state index is 10.8. The second-order valence-electron chi connectivity index (χ2n) is 5.31. The molecule has 4 N–H and O–H groups in total. The molecule has 0 aromatic heterocycles. The fourth-order valence-corrected chi connectivity index (χ4v) is 2.31. The summed E-state index contributed by atoms with van der Waals surface area (Å²) >= 11 is 0. The van der Waals surface area contributed by atoms with Crippen LogP contribution in [0.3, 0.4) is 0 Å². The fraction of sp³-hybridized carbons (Fsp3) is 1.00. The Hall–Kier alpha value is -0.250. The van der Waals surface area contributed by atoms with Gasteiger partial charge in [0.25, 0.3) is 10.1 Å². The first-order chi connectivity index (χ1) is 8.02. The van der Waals surface area contributed by atoms with E-state index in [0.717, 1.165) is 0 Å². The van der Waals surface area contributed by atoms with Gasteiger partial charge >= 0.3 is 0 Å². The average Bonchev–Trinajstić information content (AvgIpc) is 2.21. The highest BCUT2D eigenvalue weighted by Crippen LogP contribution is 2.24. The topological polar surface area (TPSA) is 118 Å². The van der Waals surface area contributed by atoms with Gasteiger partial charge in [-0.15, -0.1) is 0 Å². The van der Waals surface area contributed by atoms with Crippen molar-refractivity contribution < 1.29 is 28.3 Å². The summed E-state index contributed by atoms with van der Waals surface area (Å²) in [5.74, 6) is -0.536. The van der Waals surface area contributed by atoms with Crippen LogP contribution < -0.4 is 0 Å². The Labute approximate surface area is 108 Å². The van der Waals surface area contributed by atoms with E-state index in [9.17, 15) is 23.7 Å². The van der Waals surface area contributed by atoms with Gasteiger partial charge in [0, 0.05) is 12.1 Å². The number of rotatable bonds is 7. The van der Waals surface area contributed by atoms with Crippen molar-refractivity contribution in [2.75, 3.05) is 32.1 Å². The lowest BCUT2D eigenvalue weighted by molar-refractivity contribution is -0.0847. The number of aliphatic hydroxyl groups is 3. The molecule has 0 aliphatic rings.